The maximum atomic E-state index is 11.9. The van der Waals surface area contributed by atoms with Gasteiger partial charge < -0.3 is 10.4 Å². The van der Waals surface area contributed by atoms with Crippen LogP contribution in [0.4, 0.5) is 0 Å². The summed E-state index contributed by atoms with van der Waals surface area (Å²) in [4.78, 5) is 26.7. The van der Waals surface area contributed by atoms with Crippen molar-refractivity contribution in [3.05, 3.63) is 27.5 Å². The third-order valence-corrected chi connectivity index (χ3v) is 3.00. The first-order chi connectivity index (χ1) is 8.32. The van der Waals surface area contributed by atoms with E-state index in [0.29, 0.717) is 4.47 Å². The van der Waals surface area contributed by atoms with Crippen molar-refractivity contribution in [3.63, 3.8) is 0 Å². The van der Waals surface area contributed by atoms with Gasteiger partial charge in [-0.2, -0.15) is 0 Å². The molecule has 0 saturated heterocycles. The first kappa shape index (κ1) is 14.9. The van der Waals surface area contributed by atoms with Crippen LogP contribution in [-0.4, -0.2) is 28.0 Å². The van der Waals surface area contributed by atoms with E-state index in [-0.39, 0.29) is 16.6 Å². The third-order valence-electron chi connectivity index (χ3n) is 2.27. The molecule has 0 fully saturated rings. The summed E-state index contributed by atoms with van der Waals surface area (Å²) in [5, 5.41) is 11.4. The minimum Gasteiger partial charge on any atom is -0.480 e. The lowest BCUT2D eigenvalue weighted by Crippen LogP contribution is -2.44. The highest BCUT2D eigenvalue weighted by atomic mass is 79.9. The molecule has 1 aromatic heterocycles. The van der Waals surface area contributed by atoms with E-state index in [9.17, 15) is 9.59 Å². The second kappa shape index (κ2) is 6.15. The summed E-state index contributed by atoms with van der Waals surface area (Å²) < 4.78 is 0.591. The summed E-state index contributed by atoms with van der Waals surface area (Å²) in [5.74, 6) is -1.88. The molecule has 0 aliphatic heterocycles. The molecule has 0 aromatic carbocycles. The lowest BCUT2D eigenvalue weighted by atomic mass is 10.0. The van der Waals surface area contributed by atoms with Crippen molar-refractivity contribution < 1.29 is 14.7 Å². The predicted molar refractivity (Wildman–Crippen MR) is 70.7 cm³/mol. The minimum atomic E-state index is -1.09. The van der Waals surface area contributed by atoms with Crippen LogP contribution >= 0.6 is 27.5 Å². The minimum absolute atomic E-state index is 0.0311. The van der Waals surface area contributed by atoms with Gasteiger partial charge in [0.2, 0.25) is 0 Å². The molecule has 5 nitrogen and oxygen atoms in total. The first-order valence-electron chi connectivity index (χ1n) is 5.17. The first-order valence-corrected chi connectivity index (χ1v) is 6.34. The second-order valence-electron chi connectivity index (χ2n) is 4.03. The van der Waals surface area contributed by atoms with Crippen molar-refractivity contribution in [2.45, 2.75) is 19.9 Å². The SMILES string of the molecule is CC(C)C(NC(=O)c1cc(Br)cnc1Cl)C(=O)O. The number of hydrogen-bond acceptors (Lipinski definition) is 3. The normalized spacial score (nSPS) is 12.3. The topological polar surface area (TPSA) is 79.3 Å². The van der Waals surface area contributed by atoms with Crippen molar-refractivity contribution in [1.29, 1.82) is 0 Å². The third kappa shape index (κ3) is 3.68. The average molecular weight is 336 g/mol. The Bertz CT molecular complexity index is 479. The molecular weight excluding hydrogens is 323 g/mol. The van der Waals surface area contributed by atoms with E-state index in [1.54, 1.807) is 13.8 Å². The zero-order valence-corrected chi connectivity index (χ0v) is 12.1. The number of aromatic nitrogens is 1. The summed E-state index contributed by atoms with van der Waals surface area (Å²) in [7, 11) is 0. The molecule has 1 unspecified atom stereocenters. The molecule has 18 heavy (non-hydrogen) atoms. The van der Waals surface area contributed by atoms with Crippen molar-refractivity contribution in [1.82, 2.24) is 10.3 Å². The molecule has 1 atom stereocenters. The molecule has 98 valence electrons. The van der Waals surface area contributed by atoms with E-state index in [1.807, 2.05) is 0 Å². The molecule has 0 spiro atoms. The van der Waals surface area contributed by atoms with Gasteiger partial charge in [0.1, 0.15) is 11.2 Å². The zero-order valence-electron chi connectivity index (χ0n) is 9.78. The summed E-state index contributed by atoms with van der Waals surface area (Å²) in [6.45, 7) is 3.42. The Morgan fingerprint density at radius 3 is 2.61 bits per heavy atom. The van der Waals surface area contributed by atoms with Gasteiger partial charge in [0.15, 0.2) is 0 Å². The van der Waals surface area contributed by atoms with Crippen molar-refractivity contribution in [3.8, 4) is 0 Å². The summed E-state index contributed by atoms with van der Waals surface area (Å²) >= 11 is 8.96. The van der Waals surface area contributed by atoms with Gasteiger partial charge in [-0.25, -0.2) is 9.78 Å². The van der Waals surface area contributed by atoms with Crippen molar-refractivity contribution >= 4 is 39.4 Å². The van der Waals surface area contributed by atoms with Crippen LogP contribution < -0.4 is 5.32 Å². The van der Waals surface area contributed by atoms with Crippen LogP contribution in [0.15, 0.2) is 16.7 Å². The van der Waals surface area contributed by atoms with Gasteiger partial charge in [-0.1, -0.05) is 25.4 Å². The van der Waals surface area contributed by atoms with E-state index >= 15 is 0 Å². The lowest BCUT2D eigenvalue weighted by molar-refractivity contribution is -0.140. The zero-order chi connectivity index (χ0) is 13.9. The van der Waals surface area contributed by atoms with Crippen LogP contribution in [0.25, 0.3) is 0 Å². The number of hydrogen-bond donors (Lipinski definition) is 2. The van der Waals surface area contributed by atoms with Gasteiger partial charge in [-0.3, -0.25) is 4.79 Å². The molecular formula is C11H12BrClN2O3. The lowest BCUT2D eigenvalue weighted by Gasteiger charge is -2.18. The van der Waals surface area contributed by atoms with Crippen LogP contribution in [0.5, 0.6) is 0 Å². The fraction of sp³-hybridized carbons (Fsp3) is 0.364. The highest BCUT2D eigenvalue weighted by molar-refractivity contribution is 9.10. The Balaban J connectivity index is 2.94. The molecule has 0 aliphatic rings. The molecule has 1 aromatic rings. The summed E-state index contributed by atoms with van der Waals surface area (Å²) in [6, 6.07) is 0.525. The molecule has 0 saturated carbocycles. The highest BCUT2D eigenvalue weighted by Gasteiger charge is 2.25. The summed E-state index contributed by atoms with van der Waals surface area (Å²) in [6.07, 6.45) is 1.45. The Kier molecular flexibility index (Phi) is 5.10. The number of halogens is 2. The Morgan fingerprint density at radius 1 is 1.50 bits per heavy atom. The highest BCUT2D eigenvalue weighted by Crippen LogP contribution is 2.18. The molecule has 0 radical (unpaired) electrons. The number of carboxylic acid groups (broad SMARTS) is 1. The number of nitrogens with one attached hydrogen (secondary N) is 1. The number of carboxylic acids is 1. The number of nitrogens with zero attached hydrogens (tertiary/aromatic N) is 1. The number of pyridine rings is 1. The van der Waals surface area contributed by atoms with Crippen LogP contribution in [0, 0.1) is 5.92 Å². The van der Waals surface area contributed by atoms with Gasteiger partial charge >= 0.3 is 5.97 Å². The van der Waals surface area contributed by atoms with Crippen molar-refractivity contribution in [2.75, 3.05) is 0 Å². The predicted octanol–water partition coefficient (Wildman–Crippen LogP) is 2.34. The molecule has 1 heterocycles. The smallest absolute Gasteiger partial charge is 0.326 e. The standard InChI is InChI=1S/C11H12BrClN2O3/c1-5(2)8(11(17)18)15-10(16)7-3-6(12)4-14-9(7)13/h3-5,8H,1-2H3,(H,15,16)(H,17,18). The van der Waals surface area contributed by atoms with Gasteiger partial charge in [0, 0.05) is 10.7 Å². The van der Waals surface area contributed by atoms with Crippen LogP contribution in [0.2, 0.25) is 5.15 Å². The number of carbonyl (C=O) groups excluding carboxylic acids is 1. The van der Waals surface area contributed by atoms with Crippen molar-refractivity contribution in [2.24, 2.45) is 5.92 Å². The molecule has 1 rings (SSSR count). The second-order valence-corrected chi connectivity index (χ2v) is 5.30. The van der Waals surface area contributed by atoms with Crippen LogP contribution in [0.3, 0.4) is 0 Å². The van der Waals surface area contributed by atoms with E-state index in [1.165, 1.54) is 12.3 Å². The molecule has 1 amide bonds. The van der Waals surface area contributed by atoms with E-state index < -0.39 is 17.9 Å². The molecule has 7 heteroatoms. The van der Waals surface area contributed by atoms with E-state index in [4.69, 9.17) is 16.7 Å². The number of rotatable bonds is 4. The number of amides is 1. The van der Waals surface area contributed by atoms with E-state index in [2.05, 4.69) is 26.2 Å². The fourth-order valence-electron chi connectivity index (χ4n) is 1.31. The maximum absolute atomic E-state index is 11.9. The van der Waals surface area contributed by atoms with Gasteiger partial charge in [-0.05, 0) is 27.9 Å². The number of aliphatic carboxylic acids is 1. The maximum Gasteiger partial charge on any atom is 0.326 e. The number of carbonyl (C=O) groups is 2. The monoisotopic (exact) mass is 334 g/mol. The largest absolute Gasteiger partial charge is 0.480 e. The molecule has 0 aliphatic carbocycles. The van der Waals surface area contributed by atoms with E-state index in [0.717, 1.165) is 0 Å². The Labute approximate surface area is 118 Å². The van der Waals surface area contributed by atoms with Gasteiger partial charge in [-0.15, -0.1) is 0 Å². The van der Waals surface area contributed by atoms with Crippen LogP contribution in [0.1, 0.15) is 24.2 Å². The quantitative estimate of drug-likeness (QED) is 0.828. The summed E-state index contributed by atoms with van der Waals surface area (Å²) in [5.41, 5.74) is 0.137. The fourth-order valence-corrected chi connectivity index (χ4v) is 1.83. The molecule has 2 N–H and O–H groups in total. The van der Waals surface area contributed by atoms with Gasteiger partial charge in [0.25, 0.3) is 5.91 Å². The van der Waals surface area contributed by atoms with Gasteiger partial charge in [0.05, 0.1) is 5.56 Å². The Morgan fingerprint density at radius 2 is 2.11 bits per heavy atom. The average Bonchev–Trinajstić information content (AvgIpc) is 2.28. The Hall–Kier alpha value is -1.14. The van der Waals surface area contributed by atoms with Crippen LogP contribution in [-0.2, 0) is 4.79 Å². The molecule has 0 bridgehead atoms.